The van der Waals surface area contributed by atoms with E-state index in [-0.39, 0.29) is 12.5 Å². The van der Waals surface area contributed by atoms with E-state index in [2.05, 4.69) is 21.2 Å². The maximum Gasteiger partial charge on any atom is 0.253 e. The molecular formula is C13H19BrN2O2. The molecule has 1 aromatic rings. The zero-order valence-electron chi connectivity index (χ0n) is 10.3. The Morgan fingerprint density at radius 3 is 2.67 bits per heavy atom. The second-order valence-electron chi connectivity index (χ2n) is 4.13. The molecule has 4 nitrogen and oxygen atoms in total. The van der Waals surface area contributed by atoms with Crippen LogP contribution in [0.1, 0.15) is 36.0 Å². The molecule has 0 aliphatic heterocycles. The Balaban J connectivity index is 2.32. The molecule has 0 atom stereocenters. The first-order valence-electron chi connectivity index (χ1n) is 6.09. The summed E-state index contributed by atoms with van der Waals surface area (Å²) in [6, 6.07) is 5.23. The summed E-state index contributed by atoms with van der Waals surface area (Å²) < 4.78 is 0.862. The summed E-state index contributed by atoms with van der Waals surface area (Å²) >= 11 is 3.30. The number of carbonyl (C=O) groups excluding carboxylic acids is 1. The number of rotatable bonds is 7. The van der Waals surface area contributed by atoms with Gasteiger partial charge in [0.15, 0.2) is 0 Å². The maximum absolute atomic E-state index is 11.8. The lowest BCUT2D eigenvalue weighted by atomic mass is 10.1. The Morgan fingerprint density at radius 1 is 1.28 bits per heavy atom. The number of hydrogen-bond acceptors (Lipinski definition) is 3. The number of anilines is 1. The fourth-order valence-electron chi connectivity index (χ4n) is 1.63. The van der Waals surface area contributed by atoms with E-state index in [9.17, 15) is 4.79 Å². The predicted octanol–water partition coefficient (Wildman–Crippen LogP) is 2.31. The van der Waals surface area contributed by atoms with E-state index < -0.39 is 0 Å². The van der Waals surface area contributed by atoms with E-state index in [0.29, 0.717) is 17.8 Å². The highest BCUT2D eigenvalue weighted by molar-refractivity contribution is 9.10. The quantitative estimate of drug-likeness (QED) is 0.534. The summed E-state index contributed by atoms with van der Waals surface area (Å²) in [6.45, 7) is 0.877. The van der Waals surface area contributed by atoms with Crippen molar-refractivity contribution in [2.75, 3.05) is 18.9 Å². The fourth-order valence-corrected chi connectivity index (χ4v) is 2.01. The smallest absolute Gasteiger partial charge is 0.253 e. The van der Waals surface area contributed by atoms with Crippen LogP contribution in [0.5, 0.6) is 0 Å². The molecule has 0 unspecified atom stereocenters. The highest BCUT2D eigenvalue weighted by Gasteiger charge is 2.08. The second kappa shape index (κ2) is 8.11. The van der Waals surface area contributed by atoms with Gasteiger partial charge < -0.3 is 16.2 Å². The molecule has 0 aliphatic carbocycles. The average molecular weight is 315 g/mol. The first-order valence-corrected chi connectivity index (χ1v) is 6.88. The van der Waals surface area contributed by atoms with Gasteiger partial charge in [0.1, 0.15) is 0 Å². The lowest BCUT2D eigenvalue weighted by Gasteiger charge is -2.07. The van der Waals surface area contributed by atoms with Gasteiger partial charge in [-0.2, -0.15) is 0 Å². The highest BCUT2D eigenvalue weighted by Crippen LogP contribution is 2.18. The number of nitrogens with one attached hydrogen (secondary N) is 1. The molecule has 0 saturated carbocycles. The molecule has 0 fully saturated rings. The van der Waals surface area contributed by atoms with Crippen molar-refractivity contribution in [3.8, 4) is 0 Å². The second-order valence-corrected chi connectivity index (χ2v) is 5.04. The van der Waals surface area contributed by atoms with Crippen molar-refractivity contribution in [3.63, 3.8) is 0 Å². The molecule has 0 saturated heterocycles. The van der Waals surface area contributed by atoms with Gasteiger partial charge in [-0.1, -0.05) is 28.8 Å². The van der Waals surface area contributed by atoms with Crippen LogP contribution in [-0.2, 0) is 0 Å². The van der Waals surface area contributed by atoms with Gasteiger partial charge in [0.05, 0.1) is 5.56 Å². The molecule has 18 heavy (non-hydrogen) atoms. The average Bonchev–Trinajstić information content (AvgIpc) is 2.33. The van der Waals surface area contributed by atoms with E-state index in [1.165, 1.54) is 0 Å². The summed E-state index contributed by atoms with van der Waals surface area (Å²) in [4.78, 5) is 11.8. The van der Waals surface area contributed by atoms with Gasteiger partial charge in [-0.25, -0.2) is 0 Å². The monoisotopic (exact) mass is 314 g/mol. The summed E-state index contributed by atoms with van der Waals surface area (Å²) in [7, 11) is 0. The van der Waals surface area contributed by atoms with Crippen molar-refractivity contribution in [1.29, 1.82) is 0 Å². The molecular weight excluding hydrogens is 296 g/mol. The van der Waals surface area contributed by atoms with Crippen LogP contribution in [0.15, 0.2) is 22.7 Å². The predicted molar refractivity (Wildman–Crippen MR) is 76.4 cm³/mol. The number of unbranched alkanes of at least 4 members (excludes halogenated alkanes) is 3. The normalized spacial score (nSPS) is 10.3. The number of aliphatic hydroxyl groups is 1. The highest BCUT2D eigenvalue weighted by atomic mass is 79.9. The zero-order valence-corrected chi connectivity index (χ0v) is 11.9. The molecule has 0 aromatic heterocycles. The van der Waals surface area contributed by atoms with Crippen molar-refractivity contribution in [2.45, 2.75) is 25.7 Å². The minimum atomic E-state index is -0.137. The first kappa shape index (κ1) is 15.0. The van der Waals surface area contributed by atoms with E-state index in [0.717, 1.165) is 30.2 Å². The van der Waals surface area contributed by atoms with Crippen LogP contribution in [0.2, 0.25) is 0 Å². The largest absolute Gasteiger partial charge is 0.398 e. The minimum Gasteiger partial charge on any atom is -0.398 e. The number of halogens is 1. The van der Waals surface area contributed by atoms with E-state index in [1.807, 2.05) is 0 Å². The summed E-state index contributed by atoms with van der Waals surface area (Å²) in [5, 5.41) is 11.5. The van der Waals surface area contributed by atoms with Crippen LogP contribution in [0, 0.1) is 0 Å². The number of hydrogen-bond donors (Lipinski definition) is 3. The molecule has 0 aliphatic rings. The van der Waals surface area contributed by atoms with Crippen molar-refractivity contribution < 1.29 is 9.90 Å². The number of carbonyl (C=O) groups is 1. The van der Waals surface area contributed by atoms with Crippen molar-refractivity contribution in [1.82, 2.24) is 5.32 Å². The van der Waals surface area contributed by atoms with Gasteiger partial charge in [-0.3, -0.25) is 4.79 Å². The number of benzene rings is 1. The molecule has 0 bridgehead atoms. The Hall–Kier alpha value is -1.07. The van der Waals surface area contributed by atoms with Gasteiger partial charge >= 0.3 is 0 Å². The third-order valence-corrected chi connectivity index (χ3v) is 3.12. The van der Waals surface area contributed by atoms with Crippen LogP contribution in [0.4, 0.5) is 5.69 Å². The lowest BCUT2D eigenvalue weighted by molar-refractivity contribution is 0.0953. The van der Waals surface area contributed by atoms with Crippen molar-refractivity contribution in [2.24, 2.45) is 0 Å². The first-order chi connectivity index (χ1) is 8.65. The topological polar surface area (TPSA) is 75.4 Å². The summed E-state index contributed by atoms with van der Waals surface area (Å²) in [6.07, 6.45) is 3.75. The summed E-state index contributed by atoms with van der Waals surface area (Å²) in [5.41, 5.74) is 6.76. The van der Waals surface area contributed by atoms with Crippen molar-refractivity contribution in [3.05, 3.63) is 28.2 Å². The van der Waals surface area contributed by atoms with E-state index in [4.69, 9.17) is 10.8 Å². The van der Waals surface area contributed by atoms with E-state index in [1.54, 1.807) is 18.2 Å². The molecule has 4 N–H and O–H groups in total. The molecule has 5 heteroatoms. The molecule has 0 radical (unpaired) electrons. The fraction of sp³-hybridized carbons (Fsp3) is 0.462. The third-order valence-electron chi connectivity index (χ3n) is 2.63. The Kier molecular flexibility index (Phi) is 6.75. The third kappa shape index (κ3) is 5.06. The van der Waals surface area contributed by atoms with E-state index >= 15 is 0 Å². The molecule has 1 aromatic carbocycles. The van der Waals surface area contributed by atoms with Crippen LogP contribution in [0.25, 0.3) is 0 Å². The minimum absolute atomic E-state index is 0.137. The molecule has 100 valence electrons. The molecule has 0 heterocycles. The Morgan fingerprint density at radius 2 is 2.00 bits per heavy atom. The van der Waals surface area contributed by atoms with Crippen molar-refractivity contribution >= 4 is 27.5 Å². The molecule has 0 spiro atoms. The summed E-state index contributed by atoms with van der Waals surface area (Å²) in [5.74, 6) is -0.137. The van der Waals surface area contributed by atoms with Crippen LogP contribution in [-0.4, -0.2) is 24.2 Å². The molecule has 1 amide bonds. The van der Waals surface area contributed by atoms with Gasteiger partial charge in [0.2, 0.25) is 0 Å². The number of nitrogens with two attached hydrogens (primary N) is 1. The SMILES string of the molecule is Nc1cc(Br)ccc1C(=O)NCCCCCCO. The number of aliphatic hydroxyl groups excluding tert-OH is 1. The van der Waals surface area contributed by atoms with Gasteiger partial charge in [-0.05, 0) is 31.0 Å². The number of amides is 1. The standard InChI is InChI=1S/C13H19BrN2O2/c14-10-5-6-11(12(15)9-10)13(18)16-7-3-1-2-4-8-17/h5-6,9,17H,1-4,7-8,15H2,(H,16,18). The maximum atomic E-state index is 11.8. The van der Waals surface area contributed by atoms with Gasteiger partial charge in [-0.15, -0.1) is 0 Å². The Labute approximate surface area is 116 Å². The lowest BCUT2D eigenvalue weighted by Crippen LogP contribution is -2.25. The van der Waals surface area contributed by atoms with Gasteiger partial charge in [0, 0.05) is 23.3 Å². The van der Waals surface area contributed by atoms with Crippen LogP contribution >= 0.6 is 15.9 Å². The Bertz CT molecular complexity index is 397. The van der Waals surface area contributed by atoms with Crippen LogP contribution < -0.4 is 11.1 Å². The zero-order chi connectivity index (χ0) is 13.4. The van der Waals surface area contributed by atoms with Gasteiger partial charge in [0.25, 0.3) is 5.91 Å². The number of nitrogen functional groups attached to an aromatic ring is 1. The molecule has 1 rings (SSSR count). The van der Waals surface area contributed by atoms with Crippen LogP contribution in [0.3, 0.4) is 0 Å².